The number of halogens is 1. The summed E-state index contributed by atoms with van der Waals surface area (Å²) in [5, 5.41) is 16.6. The Morgan fingerprint density at radius 2 is 1.90 bits per heavy atom. The van der Waals surface area contributed by atoms with Gasteiger partial charge in [0.2, 0.25) is 17.7 Å². The molecule has 2 aromatic rings. The number of carbonyl (C=O) groups excluding carboxylic acids is 3. The second-order valence-electron chi connectivity index (χ2n) is 6.84. The van der Waals surface area contributed by atoms with Crippen LogP contribution in [0.5, 0.6) is 0 Å². The molecule has 1 aromatic carbocycles. The Bertz CT molecular complexity index is 947. The number of carbonyl (C=O) groups is 4. The molecule has 0 unspecified atom stereocenters. The monoisotopic (exact) mass is 509 g/mol. The fourth-order valence-corrected chi connectivity index (χ4v) is 3.90. The Labute approximate surface area is 192 Å². The SMILES string of the molecule is Cc1ccc(Cc2cccc(NC(=O)[C@H](CCC(=O)O)NC(=O)CNC(=O)CBr)c2)s1. The molecule has 2 rings (SSSR count). The highest BCUT2D eigenvalue weighted by Gasteiger charge is 2.22. The third-order valence-electron chi connectivity index (χ3n) is 4.23. The lowest BCUT2D eigenvalue weighted by molar-refractivity contribution is -0.137. The maximum atomic E-state index is 12.7. The van der Waals surface area contributed by atoms with Gasteiger partial charge in [-0.15, -0.1) is 11.3 Å². The van der Waals surface area contributed by atoms with Crippen LogP contribution in [0.1, 0.15) is 28.2 Å². The average Bonchev–Trinajstić information content (AvgIpc) is 3.13. The zero-order valence-electron chi connectivity index (χ0n) is 16.9. The Kier molecular flexibility index (Phi) is 9.67. The van der Waals surface area contributed by atoms with Crippen molar-refractivity contribution in [3.05, 3.63) is 51.7 Å². The second-order valence-corrected chi connectivity index (χ2v) is 8.77. The molecule has 0 fully saturated rings. The highest BCUT2D eigenvalue weighted by molar-refractivity contribution is 9.09. The van der Waals surface area contributed by atoms with E-state index >= 15 is 0 Å². The molecular formula is C21H24BrN3O5S. The lowest BCUT2D eigenvalue weighted by Gasteiger charge is -2.18. The minimum absolute atomic E-state index is 0.0462. The quantitative estimate of drug-likeness (QED) is 0.346. The molecule has 0 radical (unpaired) electrons. The number of carboxylic acids is 1. The van der Waals surface area contributed by atoms with Gasteiger partial charge in [0.1, 0.15) is 6.04 Å². The van der Waals surface area contributed by atoms with Crippen LogP contribution in [0, 0.1) is 6.92 Å². The number of nitrogens with one attached hydrogen (secondary N) is 3. The number of hydrogen-bond acceptors (Lipinski definition) is 5. The predicted octanol–water partition coefficient (Wildman–Crippen LogP) is 2.45. The van der Waals surface area contributed by atoms with E-state index in [0.717, 1.165) is 12.0 Å². The van der Waals surface area contributed by atoms with E-state index < -0.39 is 23.8 Å². The molecule has 0 bridgehead atoms. The van der Waals surface area contributed by atoms with Crippen LogP contribution in [0.3, 0.4) is 0 Å². The zero-order chi connectivity index (χ0) is 22.8. The van der Waals surface area contributed by atoms with E-state index in [-0.39, 0.29) is 30.6 Å². The summed E-state index contributed by atoms with van der Waals surface area (Å²) in [7, 11) is 0. The van der Waals surface area contributed by atoms with Crippen molar-refractivity contribution < 1.29 is 24.3 Å². The lowest BCUT2D eigenvalue weighted by Crippen LogP contribution is -2.47. The first-order valence-electron chi connectivity index (χ1n) is 9.55. The largest absolute Gasteiger partial charge is 0.481 e. The summed E-state index contributed by atoms with van der Waals surface area (Å²) in [6.07, 6.45) is 0.367. The number of aryl methyl sites for hydroxylation is 1. The fraction of sp³-hybridized carbons (Fsp3) is 0.333. The number of hydrogen-bond donors (Lipinski definition) is 4. The van der Waals surface area contributed by atoms with Crippen LogP contribution >= 0.6 is 27.3 Å². The second kappa shape index (κ2) is 12.2. The van der Waals surface area contributed by atoms with E-state index in [1.807, 2.05) is 25.1 Å². The highest BCUT2D eigenvalue weighted by atomic mass is 79.9. The molecular weight excluding hydrogens is 486 g/mol. The highest BCUT2D eigenvalue weighted by Crippen LogP contribution is 2.21. The molecule has 1 heterocycles. The van der Waals surface area contributed by atoms with Gasteiger partial charge in [-0.05, 0) is 43.2 Å². The molecule has 0 aliphatic heterocycles. The minimum atomic E-state index is -1.08. The number of amides is 3. The summed E-state index contributed by atoms with van der Waals surface area (Å²) in [5.41, 5.74) is 1.57. The van der Waals surface area contributed by atoms with Gasteiger partial charge in [0.25, 0.3) is 0 Å². The van der Waals surface area contributed by atoms with Crippen molar-refractivity contribution in [2.45, 2.75) is 32.2 Å². The fourth-order valence-electron chi connectivity index (χ4n) is 2.78. The maximum absolute atomic E-state index is 12.7. The zero-order valence-corrected chi connectivity index (χ0v) is 19.3. The summed E-state index contributed by atoms with van der Waals surface area (Å²) < 4.78 is 0. The van der Waals surface area contributed by atoms with Crippen LogP contribution in [-0.4, -0.2) is 46.7 Å². The van der Waals surface area contributed by atoms with Gasteiger partial charge < -0.3 is 21.1 Å². The van der Waals surface area contributed by atoms with Gasteiger partial charge in [0.05, 0.1) is 11.9 Å². The van der Waals surface area contributed by atoms with Gasteiger partial charge in [-0.2, -0.15) is 0 Å². The number of benzene rings is 1. The molecule has 4 N–H and O–H groups in total. The molecule has 1 atom stereocenters. The molecule has 1 aromatic heterocycles. The maximum Gasteiger partial charge on any atom is 0.303 e. The van der Waals surface area contributed by atoms with Crippen LogP contribution in [0.15, 0.2) is 36.4 Å². The molecule has 10 heteroatoms. The number of thiophene rings is 1. The van der Waals surface area contributed by atoms with Gasteiger partial charge in [-0.1, -0.05) is 28.1 Å². The molecule has 166 valence electrons. The van der Waals surface area contributed by atoms with Crippen LogP contribution in [0.4, 0.5) is 5.69 Å². The predicted molar refractivity (Wildman–Crippen MR) is 123 cm³/mol. The van der Waals surface area contributed by atoms with Gasteiger partial charge in [0.15, 0.2) is 0 Å². The number of anilines is 1. The summed E-state index contributed by atoms with van der Waals surface area (Å²) in [4.78, 5) is 49.4. The summed E-state index contributed by atoms with van der Waals surface area (Å²) in [6.45, 7) is 1.73. The molecule has 0 saturated carbocycles. The third kappa shape index (κ3) is 8.89. The van der Waals surface area contributed by atoms with Crippen molar-refractivity contribution in [2.24, 2.45) is 0 Å². The summed E-state index contributed by atoms with van der Waals surface area (Å²) in [6, 6.07) is 10.4. The van der Waals surface area contributed by atoms with Gasteiger partial charge in [-0.25, -0.2) is 0 Å². The van der Waals surface area contributed by atoms with Crippen molar-refractivity contribution in [2.75, 3.05) is 17.2 Å². The van der Waals surface area contributed by atoms with Gasteiger partial charge in [0, 0.05) is 28.3 Å². The molecule has 31 heavy (non-hydrogen) atoms. The number of aliphatic carboxylic acids is 1. The molecule has 0 saturated heterocycles. The normalized spacial score (nSPS) is 11.4. The first-order valence-corrected chi connectivity index (χ1v) is 11.5. The van der Waals surface area contributed by atoms with Crippen molar-refractivity contribution in [3.8, 4) is 0 Å². The number of alkyl halides is 1. The Balaban J connectivity index is 2.02. The van der Waals surface area contributed by atoms with Crippen molar-refractivity contribution in [3.63, 3.8) is 0 Å². The van der Waals surface area contributed by atoms with E-state index in [2.05, 4.69) is 44.0 Å². The molecule has 8 nitrogen and oxygen atoms in total. The van der Waals surface area contributed by atoms with Crippen molar-refractivity contribution >= 4 is 56.6 Å². The average molecular weight is 510 g/mol. The van der Waals surface area contributed by atoms with Crippen LogP contribution in [0.25, 0.3) is 0 Å². The topological polar surface area (TPSA) is 125 Å². The molecule has 3 amide bonds. The summed E-state index contributed by atoms with van der Waals surface area (Å²) >= 11 is 4.68. The van der Waals surface area contributed by atoms with Gasteiger partial charge >= 0.3 is 5.97 Å². The van der Waals surface area contributed by atoms with Crippen LogP contribution in [0.2, 0.25) is 0 Å². The van der Waals surface area contributed by atoms with E-state index in [1.54, 1.807) is 17.4 Å². The molecule has 0 aliphatic carbocycles. The Morgan fingerprint density at radius 3 is 2.55 bits per heavy atom. The van der Waals surface area contributed by atoms with Crippen LogP contribution in [-0.2, 0) is 25.6 Å². The first-order chi connectivity index (χ1) is 14.8. The molecule has 0 aliphatic rings. The van der Waals surface area contributed by atoms with E-state index in [1.165, 1.54) is 9.75 Å². The molecule has 0 spiro atoms. The number of rotatable bonds is 11. The van der Waals surface area contributed by atoms with E-state index in [9.17, 15) is 19.2 Å². The van der Waals surface area contributed by atoms with E-state index in [0.29, 0.717) is 5.69 Å². The first kappa shape index (κ1) is 24.5. The smallest absolute Gasteiger partial charge is 0.303 e. The third-order valence-corrected chi connectivity index (χ3v) is 5.74. The number of carboxylic acid groups (broad SMARTS) is 1. The van der Waals surface area contributed by atoms with Crippen LogP contribution < -0.4 is 16.0 Å². The minimum Gasteiger partial charge on any atom is -0.481 e. The Hall–Kier alpha value is -2.72. The lowest BCUT2D eigenvalue weighted by atomic mass is 10.1. The summed E-state index contributed by atoms with van der Waals surface area (Å²) in [5.74, 6) is -2.56. The standard InChI is InChI=1S/C21H24BrN3O5S/c1-13-5-6-16(31-13)10-14-3-2-4-15(9-14)24-21(30)17(7-8-20(28)29)25-19(27)12-23-18(26)11-22/h2-6,9,17H,7-8,10-12H2,1H3,(H,23,26)(H,24,30)(H,25,27)(H,28,29)/t17-/m0/s1. The van der Waals surface area contributed by atoms with Crippen molar-refractivity contribution in [1.29, 1.82) is 0 Å². The van der Waals surface area contributed by atoms with E-state index in [4.69, 9.17) is 5.11 Å². The van der Waals surface area contributed by atoms with Gasteiger partial charge in [-0.3, -0.25) is 19.2 Å². The van der Waals surface area contributed by atoms with Crippen molar-refractivity contribution in [1.82, 2.24) is 10.6 Å². The Morgan fingerprint density at radius 1 is 1.13 bits per heavy atom.